The van der Waals surface area contributed by atoms with Gasteiger partial charge < -0.3 is 25.3 Å². The molecule has 1 saturated heterocycles. The largest absolute Gasteiger partial charge is 0.494 e. The van der Waals surface area contributed by atoms with Crippen LogP contribution in [0.4, 0.5) is 11.4 Å². The molecule has 0 aliphatic carbocycles. The standard InChI is InChI=1S/C14H20N2O4/c1-18-13-7-10(15)4-5-12(13)16-14(17)3-2-6-20-11-8-19-9-11/h4-5,7,11H,2-3,6,8-9,15H2,1H3,(H,16,17). The van der Waals surface area contributed by atoms with Crippen molar-refractivity contribution in [2.24, 2.45) is 0 Å². The van der Waals surface area contributed by atoms with Crippen molar-refractivity contribution in [3.8, 4) is 5.75 Å². The molecule has 1 aromatic rings. The first-order chi connectivity index (χ1) is 9.69. The van der Waals surface area contributed by atoms with E-state index in [1.807, 2.05) is 0 Å². The summed E-state index contributed by atoms with van der Waals surface area (Å²) in [5, 5.41) is 2.81. The Morgan fingerprint density at radius 1 is 1.50 bits per heavy atom. The molecule has 110 valence electrons. The van der Waals surface area contributed by atoms with E-state index in [1.165, 1.54) is 0 Å². The molecule has 0 bridgehead atoms. The topological polar surface area (TPSA) is 82.8 Å². The van der Waals surface area contributed by atoms with Crippen LogP contribution in [-0.2, 0) is 14.3 Å². The molecule has 6 heteroatoms. The summed E-state index contributed by atoms with van der Waals surface area (Å²) in [5.74, 6) is 0.489. The molecule has 20 heavy (non-hydrogen) atoms. The van der Waals surface area contributed by atoms with Crippen LogP contribution in [0.5, 0.6) is 5.75 Å². The van der Waals surface area contributed by atoms with Crippen LogP contribution in [0.15, 0.2) is 18.2 Å². The first-order valence-corrected chi connectivity index (χ1v) is 6.61. The summed E-state index contributed by atoms with van der Waals surface area (Å²) >= 11 is 0. The van der Waals surface area contributed by atoms with Crippen molar-refractivity contribution < 1.29 is 19.0 Å². The van der Waals surface area contributed by atoms with Crippen LogP contribution < -0.4 is 15.8 Å². The fourth-order valence-electron chi connectivity index (χ4n) is 1.82. The fraction of sp³-hybridized carbons (Fsp3) is 0.500. The minimum Gasteiger partial charge on any atom is -0.494 e. The molecule has 1 aliphatic rings. The number of nitrogens with two attached hydrogens (primary N) is 1. The minimum atomic E-state index is -0.0680. The van der Waals surface area contributed by atoms with Crippen LogP contribution in [0.2, 0.25) is 0 Å². The summed E-state index contributed by atoms with van der Waals surface area (Å²) in [6.07, 6.45) is 1.29. The second-order valence-corrected chi connectivity index (χ2v) is 4.64. The maximum Gasteiger partial charge on any atom is 0.224 e. The zero-order valence-corrected chi connectivity index (χ0v) is 11.6. The van der Waals surface area contributed by atoms with Gasteiger partial charge in [-0.05, 0) is 18.6 Å². The molecule has 0 saturated carbocycles. The van der Waals surface area contributed by atoms with Crippen molar-refractivity contribution in [3.63, 3.8) is 0 Å². The van der Waals surface area contributed by atoms with Crippen LogP contribution in [0.1, 0.15) is 12.8 Å². The Hall–Kier alpha value is -1.79. The van der Waals surface area contributed by atoms with Gasteiger partial charge in [0.25, 0.3) is 0 Å². The van der Waals surface area contributed by atoms with Crippen molar-refractivity contribution in [1.29, 1.82) is 0 Å². The van der Waals surface area contributed by atoms with E-state index in [-0.39, 0.29) is 12.0 Å². The van der Waals surface area contributed by atoms with Gasteiger partial charge in [-0.3, -0.25) is 4.79 Å². The highest BCUT2D eigenvalue weighted by Gasteiger charge is 2.18. The molecule has 6 nitrogen and oxygen atoms in total. The number of hydrogen-bond donors (Lipinski definition) is 2. The number of benzene rings is 1. The second-order valence-electron chi connectivity index (χ2n) is 4.64. The summed E-state index contributed by atoms with van der Waals surface area (Å²) in [4.78, 5) is 11.8. The van der Waals surface area contributed by atoms with Gasteiger partial charge in [0.1, 0.15) is 11.9 Å². The van der Waals surface area contributed by atoms with Crippen molar-refractivity contribution in [1.82, 2.24) is 0 Å². The second kappa shape index (κ2) is 7.12. The third kappa shape index (κ3) is 4.11. The summed E-state index contributed by atoms with van der Waals surface area (Å²) < 4.78 is 15.7. The number of nitrogens with one attached hydrogen (secondary N) is 1. The highest BCUT2D eigenvalue weighted by atomic mass is 16.6. The van der Waals surface area contributed by atoms with E-state index >= 15 is 0 Å². The summed E-state index contributed by atoms with van der Waals surface area (Å²) in [6, 6.07) is 5.13. The Kier molecular flexibility index (Phi) is 5.20. The van der Waals surface area contributed by atoms with E-state index in [0.29, 0.717) is 49.8 Å². The monoisotopic (exact) mass is 280 g/mol. The number of carbonyl (C=O) groups is 1. The van der Waals surface area contributed by atoms with Gasteiger partial charge in [0.15, 0.2) is 0 Å². The Balaban J connectivity index is 1.73. The van der Waals surface area contributed by atoms with Crippen molar-refractivity contribution in [2.75, 3.05) is 38.0 Å². The van der Waals surface area contributed by atoms with E-state index in [1.54, 1.807) is 25.3 Å². The zero-order valence-electron chi connectivity index (χ0n) is 11.6. The molecule has 3 N–H and O–H groups in total. The van der Waals surface area contributed by atoms with Gasteiger partial charge in [-0.15, -0.1) is 0 Å². The van der Waals surface area contributed by atoms with Gasteiger partial charge in [0, 0.05) is 24.8 Å². The first-order valence-electron chi connectivity index (χ1n) is 6.61. The summed E-state index contributed by atoms with van der Waals surface area (Å²) in [7, 11) is 1.54. The predicted molar refractivity (Wildman–Crippen MR) is 75.8 cm³/mol. The first kappa shape index (κ1) is 14.6. The molecular formula is C14H20N2O4. The summed E-state index contributed by atoms with van der Waals surface area (Å²) in [6.45, 7) is 1.89. The highest BCUT2D eigenvalue weighted by Crippen LogP contribution is 2.26. The Bertz CT molecular complexity index is 460. The van der Waals surface area contributed by atoms with E-state index in [4.69, 9.17) is 19.9 Å². The summed E-state index contributed by atoms with van der Waals surface area (Å²) in [5.41, 5.74) is 6.88. The number of carbonyl (C=O) groups excluding carboxylic acids is 1. The van der Waals surface area contributed by atoms with Crippen molar-refractivity contribution in [3.05, 3.63) is 18.2 Å². The Labute approximate surface area is 118 Å². The molecular weight excluding hydrogens is 260 g/mol. The lowest BCUT2D eigenvalue weighted by molar-refractivity contribution is -0.131. The highest BCUT2D eigenvalue weighted by molar-refractivity contribution is 5.92. The smallest absolute Gasteiger partial charge is 0.224 e. The van der Waals surface area contributed by atoms with E-state index in [2.05, 4.69) is 5.32 Å². The van der Waals surface area contributed by atoms with E-state index in [0.717, 1.165) is 0 Å². The normalized spacial score (nSPS) is 14.7. The van der Waals surface area contributed by atoms with Gasteiger partial charge in [0.05, 0.1) is 26.0 Å². The molecule has 0 radical (unpaired) electrons. The molecule has 2 rings (SSSR count). The number of ether oxygens (including phenoxy) is 3. The van der Waals surface area contributed by atoms with Crippen LogP contribution in [0.3, 0.4) is 0 Å². The quantitative estimate of drug-likeness (QED) is 0.583. The molecule has 1 aromatic carbocycles. The molecule has 0 spiro atoms. The van der Waals surface area contributed by atoms with Gasteiger partial charge in [-0.2, -0.15) is 0 Å². The Morgan fingerprint density at radius 3 is 2.95 bits per heavy atom. The Morgan fingerprint density at radius 2 is 2.30 bits per heavy atom. The molecule has 0 atom stereocenters. The van der Waals surface area contributed by atoms with Crippen LogP contribution in [0.25, 0.3) is 0 Å². The van der Waals surface area contributed by atoms with Gasteiger partial charge in [0.2, 0.25) is 5.91 Å². The average molecular weight is 280 g/mol. The minimum absolute atomic E-state index is 0.0680. The third-order valence-corrected chi connectivity index (χ3v) is 3.01. The lowest BCUT2D eigenvalue weighted by Crippen LogP contribution is -2.36. The van der Waals surface area contributed by atoms with Gasteiger partial charge >= 0.3 is 0 Å². The fourth-order valence-corrected chi connectivity index (χ4v) is 1.82. The molecule has 1 heterocycles. The van der Waals surface area contributed by atoms with Crippen LogP contribution >= 0.6 is 0 Å². The van der Waals surface area contributed by atoms with Crippen LogP contribution in [0, 0.1) is 0 Å². The van der Waals surface area contributed by atoms with Gasteiger partial charge in [-0.25, -0.2) is 0 Å². The number of nitrogen functional groups attached to an aromatic ring is 1. The molecule has 1 fully saturated rings. The van der Waals surface area contributed by atoms with Crippen molar-refractivity contribution >= 4 is 17.3 Å². The predicted octanol–water partition coefficient (Wildman–Crippen LogP) is 1.41. The molecule has 1 amide bonds. The zero-order chi connectivity index (χ0) is 14.4. The number of methoxy groups -OCH3 is 1. The van der Waals surface area contributed by atoms with Gasteiger partial charge in [-0.1, -0.05) is 0 Å². The third-order valence-electron chi connectivity index (χ3n) is 3.01. The average Bonchev–Trinajstić information content (AvgIpc) is 2.38. The number of rotatable bonds is 7. The maximum atomic E-state index is 11.8. The lowest BCUT2D eigenvalue weighted by Gasteiger charge is -2.25. The number of hydrogen-bond acceptors (Lipinski definition) is 5. The maximum absolute atomic E-state index is 11.8. The SMILES string of the molecule is COc1cc(N)ccc1NC(=O)CCCOC1COC1. The lowest BCUT2D eigenvalue weighted by atomic mass is 10.2. The molecule has 0 unspecified atom stereocenters. The molecule has 1 aliphatic heterocycles. The number of anilines is 2. The van der Waals surface area contributed by atoms with E-state index in [9.17, 15) is 4.79 Å². The van der Waals surface area contributed by atoms with Crippen molar-refractivity contribution in [2.45, 2.75) is 18.9 Å². The van der Waals surface area contributed by atoms with E-state index < -0.39 is 0 Å². The van der Waals surface area contributed by atoms with Crippen LogP contribution in [-0.4, -0.2) is 38.9 Å². The number of amides is 1. The molecule has 0 aromatic heterocycles.